The molecule has 3 rings (SSSR count). The van der Waals surface area contributed by atoms with Crippen LogP contribution in [-0.2, 0) is 17.8 Å². The maximum atomic E-state index is 13.4. The van der Waals surface area contributed by atoms with E-state index in [9.17, 15) is 13.6 Å². The molecule has 1 saturated carbocycles. The lowest BCUT2D eigenvalue weighted by atomic mass is 9.85. The third-order valence-corrected chi connectivity index (χ3v) is 7.06. The fourth-order valence-electron chi connectivity index (χ4n) is 3.30. The van der Waals surface area contributed by atoms with Crippen LogP contribution in [0.5, 0.6) is 0 Å². The molecular formula is C19H24F2N2O2S2. The van der Waals surface area contributed by atoms with Crippen molar-refractivity contribution in [2.45, 2.75) is 63.8 Å². The summed E-state index contributed by atoms with van der Waals surface area (Å²) in [4.78, 5) is 20.2. The fourth-order valence-corrected chi connectivity index (χ4v) is 5.21. The number of carbonyl (C=O) groups is 1. The van der Waals surface area contributed by atoms with Crippen molar-refractivity contribution >= 4 is 33.8 Å². The van der Waals surface area contributed by atoms with Crippen molar-refractivity contribution in [3.63, 3.8) is 0 Å². The highest BCUT2D eigenvalue weighted by atomic mass is 32.1. The Bertz CT molecular complexity index is 765. The number of aliphatic carboxylic acids is 1. The van der Waals surface area contributed by atoms with Crippen LogP contribution in [0, 0.1) is 0 Å². The monoisotopic (exact) mass is 414 g/mol. The van der Waals surface area contributed by atoms with Crippen LogP contribution < -0.4 is 4.90 Å². The van der Waals surface area contributed by atoms with Gasteiger partial charge in [-0.25, -0.2) is 13.8 Å². The van der Waals surface area contributed by atoms with Gasteiger partial charge >= 0.3 is 5.97 Å². The van der Waals surface area contributed by atoms with Crippen LogP contribution in [0.15, 0.2) is 17.5 Å². The zero-order chi connectivity index (χ0) is 19.4. The van der Waals surface area contributed by atoms with Gasteiger partial charge in [-0.2, -0.15) is 0 Å². The van der Waals surface area contributed by atoms with E-state index in [-0.39, 0.29) is 25.2 Å². The van der Waals surface area contributed by atoms with Crippen LogP contribution in [0.3, 0.4) is 0 Å². The van der Waals surface area contributed by atoms with E-state index in [1.165, 1.54) is 21.1 Å². The molecule has 1 aliphatic carbocycles. The molecule has 1 aliphatic rings. The Morgan fingerprint density at radius 2 is 2.04 bits per heavy atom. The van der Waals surface area contributed by atoms with Gasteiger partial charge in [-0.3, -0.25) is 4.79 Å². The summed E-state index contributed by atoms with van der Waals surface area (Å²) < 4.78 is 26.8. The Morgan fingerprint density at radius 3 is 2.67 bits per heavy atom. The summed E-state index contributed by atoms with van der Waals surface area (Å²) in [5, 5.41) is 11.8. The maximum Gasteiger partial charge on any atom is 0.305 e. The number of anilines is 1. The van der Waals surface area contributed by atoms with Crippen molar-refractivity contribution in [2.24, 2.45) is 0 Å². The highest BCUT2D eigenvalue weighted by Crippen LogP contribution is 2.41. The molecule has 0 aliphatic heterocycles. The lowest BCUT2D eigenvalue weighted by molar-refractivity contribution is -0.136. The Labute approximate surface area is 165 Å². The number of thiophene rings is 1. The highest BCUT2D eigenvalue weighted by Gasteiger charge is 2.36. The quantitative estimate of drug-likeness (QED) is 0.616. The van der Waals surface area contributed by atoms with E-state index in [1.807, 2.05) is 10.3 Å². The number of rotatable bonds is 8. The Morgan fingerprint density at radius 1 is 1.33 bits per heavy atom. The molecule has 1 N–H and O–H groups in total. The van der Waals surface area contributed by atoms with Crippen LogP contribution >= 0.6 is 22.7 Å². The second kappa shape index (κ2) is 8.65. The van der Waals surface area contributed by atoms with E-state index in [0.717, 1.165) is 17.2 Å². The summed E-state index contributed by atoms with van der Waals surface area (Å²) in [5.74, 6) is -3.31. The predicted octanol–water partition coefficient (Wildman–Crippen LogP) is 5.54. The van der Waals surface area contributed by atoms with Crippen molar-refractivity contribution in [1.29, 1.82) is 0 Å². The van der Waals surface area contributed by atoms with E-state index in [1.54, 1.807) is 11.3 Å². The molecule has 0 unspecified atom stereocenters. The van der Waals surface area contributed by atoms with Crippen LogP contribution in [0.4, 0.5) is 13.9 Å². The molecule has 0 saturated heterocycles. The molecule has 0 amide bonds. The predicted molar refractivity (Wildman–Crippen MR) is 105 cm³/mol. The number of alkyl halides is 2. The van der Waals surface area contributed by atoms with Gasteiger partial charge in [0.2, 0.25) is 5.92 Å². The van der Waals surface area contributed by atoms with Gasteiger partial charge in [-0.15, -0.1) is 22.7 Å². The van der Waals surface area contributed by atoms with Crippen LogP contribution in [0.2, 0.25) is 0 Å². The molecule has 0 radical (unpaired) electrons. The molecule has 148 valence electrons. The van der Waals surface area contributed by atoms with Crippen molar-refractivity contribution in [2.75, 3.05) is 11.4 Å². The van der Waals surface area contributed by atoms with Crippen molar-refractivity contribution < 1.29 is 18.7 Å². The minimum absolute atomic E-state index is 0.0383. The molecule has 0 spiro atoms. The average Bonchev–Trinajstić information content (AvgIpc) is 3.27. The molecule has 27 heavy (non-hydrogen) atoms. The number of carboxylic acids is 1. The van der Waals surface area contributed by atoms with Gasteiger partial charge in [0, 0.05) is 40.4 Å². The second-order valence-corrected chi connectivity index (χ2v) is 9.06. The first-order chi connectivity index (χ1) is 12.9. The lowest BCUT2D eigenvalue weighted by Crippen LogP contribution is -2.26. The van der Waals surface area contributed by atoms with Crippen molar-refractivity contribution in [3.8, 4) is 0 Å². The van der Waals surface area contributed by atoms with Gasteiger partial charge in [-0.1, -0.05) is 6.92 Å². The largest absolute Gasteiger partial charge is 0.481 e. The van der Waals surface area contributed by atoms with Gasteiger partial charge in [0.1, 0.15) is 0 Å². The molecule has 2 aromatic heterocycles. The first-order valence-corrected chi connectivity index (χ1v) is 10.9. The minimum atomic E-state index is -2.54. The number of thiazole rings is 1. The van der Waals surface area contributed by atoms with E-state index in [4.69, 9.17) is 10.1 Å². The topological polar surface area (TPSA) is 53.4 Å². The summed E-state index contributed by atoms with van der Waals surface area (Å²) in [6.07, 6.45) is 1.76. The first kappa shape index (κ1) is 20.2. The average molecular weight is 415 g/mol. The Hall–Kier alpha value is -1.54. The highest BCUT2D eigenvalue weighted by molar-refractivity contribution is 7.14. The summed E-state index contributed by atoms with van der Waals surface area (Å²) in [6, 6.07) is 4.18. The summed E-state index contributed by atoms with van der Waals surface area (Å²) in [7, 11) is 0. The van der Waals surface area contributed by atoms with Gasteiger partial charge in [0.05, 0.1) is 18.7 Å². The van der Waals surface area contributed by atoms with Crippen LogP contribution in [-0.4, -0.2) is 28.5 Å². The normalized spacial score (nSPS) is 17.1. The number of hydrogen-bond donors (Lipinski definition) is 1. The fraction of sp³-hybridized carbons (Fsp3) is 0.579. The van der Waals surface area contributed by atoms with Gasteiger partial charge < -0.3 is 10.0 Å². The third-order valence-electron chi connectivity index (χ3n) is 4.92. The molecule has 0 bridgehead atoms. The number of hydrogen-bond acceptors (Lipinski definition) is 5. The molecule has 8 heteroatoms. The Balaban J connectivity index is 1.72. The second-order valence-electron chi connectivity index (χ2n) is 6.97. The SMILES string of the molecule is CCc1ccc(CN(CCC(=O)O)c2nc(C3CCC(F)(F)CC3)cs2)s1. The molecule has 4 nitrogen and oxygen atoms in total. The molecular weight excluding hydrogens is 390 g/mol. The standard InChI is InChI=1S/C19H24F2N2O2S2/c1-2-14-3-4-15(27-14)11-23(10-7-17(24)25)18-22-16(12-26-18)13-5-8-19(20,21)9-6-13/h3-4,12-13H,2,5-11H2,1H3,(H,24,25). The zero-order valence-corrected chi connectivity index (χ0v) is 16.9. The van der Waals surface area contributed by atoms with Gasteiger partial charge in [0.15, 0.2) is 5.13 Å². The zero-order valence-electron chi connectivity index (χ0n) is 15.3. The van der Waals surface area contributed by atoms with E-state index < -0.39 is 11.9 Å². The van der Waals surface area contributed by atoms with E-state index in [2.05, 4.69) is 19.1 Å². The van der Waals surface area contributed by atoms with Gasteiger partial charge in [0.25, 0.3) is 0 Å². The maximum absolute atomic E-state index is 13.4. The van der Waals surface area contributed by atoms with Crippen molar-refractivity contribution in [3.05, 3.63) is 33.0 Å². The molecule has 1 fully saturated rings. The Kier molecular flexibility index (Phi) is 6.47. The van der Waals surface area contributed by atoms with Crippen LogP contribution in [0.1, 0.15) is 60.4 Å². The number of aromatic nitrogens is 1. The smallest absolute Gasteiger partial charge is 0.305 e. The number of halogens is 2. The molecule has 2 heterocycles. The summed E-state index contributed by atoms with van der Waals surface area (Å²) >= 11 is 3.20. The van der Waals surface area contributed by atoms with Crippen LogP contribution in [0.25, 0.3) is 0 Å². The van der Waals surface area contributed by atoms with Crippen molar-refractivity contribution in [1.82, 2.24) is 4.98 Å². The first-order valence-electron chi connectivity index (χ1n) is 9.24. The minimum Gasteiger partial charge on any atom is -0.481 e. The number of aryl methyl sites for hydroxylation is 1. The summed E-state index contributed by atoms with van der Waals surface area (Å²) in [5.41, 5.74) is 0.867. The third kappa shape index (κ3) is 5.48. The van der Waals surface area contributed by atoms with E-state index >= 15 is 0 Å². The molecule has 2 aromatic rings. The molecule has 0 atom stereocenters. The number of nitrogens with zero attached hydrogens (tertiary/aromatic N) is 2. The lowest BCUT2D eigenvalue weighted by Gasteiger charge is -2.27. The number of carboxylic acid groups (broad SMARTS) is 1. The van der Waals surface area contributed by atoms with Gasteiger partial charge in [-0.05, 0) is 31.4 Å². The molecule has 0 aromatic carbocycles. The summed E-state index contributed by atoms with van der Waals surface area (Å²) in [6.45, 7) is 3.11. The van der Waals surface area contributed by atoms with E-state index in [0.29, 0.717) is 25.9 Å².